The number of benzene rings is 2. The fourth-order valence-corrected chi connectivity index (χ4v) is 3.25. The first kappa shape index (κ1) is 16.9. The van der Waals surface area contributed by atoms with Gasteiger partial charge in [0, 0.05) is 10.2 Å². The molecule has 0 radical (unpaired) electrons. The van der Waals surface area contributed by atoms with Crippen LogP contribution in [-0.2, 0) is 0 Å². The van der Waals surface area contributed by atoms with Crippen LogP contribution in [-0.4, -0.2) is 5.11 Å². The smallest absolute Gasteiger partial charge is 0.171 e. The average molecular weight is 381 g/mol. The first-order valence-corrected chi connectivity index (χ1v) is 8.16. The Morgan fingerprint density at radius 3 is 2.23 bits per heavy atom. The van der Waals surface area contributed by atoms with Gasteiger partial charge in [0.2, 0.25) is 0 Å². The minimum atomic E-state index is -0.238. The summed E-state index contributed by atoms with van der Waals surface area (Å²) in [6.07, 6.45) is 0. The number of halogens is 2. The summed E-state index contributed by atoms with van der Waals surface area (Å²) in [6, 6.07) is 10.5. The Morgan fingerprint density at radius 1 is 1.14 bits per heavy atom. The molecule has 0 spiro atoms. The van der Waals surface area contributed by atoms with Crippen molar-refractivity contribution in [2.24, 2.45) is 0 Å². The molecule has 5 heteroatoms. The van der Waals surface area contributed by atoms with Gasteiger partial charge in [-0.25, -0.2) is 4.39 Å². The number of rotatable bonds is 3. The monoisotopic (exact) mass is 380 g/mol. The molecule has 2 N–H and O–H groups in total. The Labute approximate surface area is 144 Å². The van der Waals surface area contributed by atoms with Crippen LogP contribution in [0.1, 0.15) is 29.7 Å². The molecule has 1 atom stereocenters. The zero-order chi connectivity index (χ0) is 16.3. The standard InChI is InChI=1S/C17H18BrFN2S/c1-10-8-14(18)9-11(2)16(10)21-17(22)20-12(3)13-4-6-15(19)7-5-13/h4-9,12H,1-3H3,(H2,20,21,22)/t12-/m0/s1. The summed E-state index contributed by atoms with van der Waals surface area (Å²) in [6.45, 7) is 6.06. The Bertz CT molecular complexity index is 663. The first-order chi connectivity index (χ1) is 10.4. The third kappa shape index (κ3) is 4.27. The molecule has 0 aliphatic carbocycles. The largest absolute Gasteiger partial charge is 0.356 e. The van der Waals surface area contributed by atoms with Crippen LogP contribution in [0.25, 0.3) is 0 Å². The van der Waals surface area contributed by atoms with Gasteiger partial charge in [0.15, 0.2) is 5.11 Å². The molecule has 0 fully saturated rings. The van der Waals surface area contributed by atoms with Crippen LogP contribution < -0.4 is 10.6 Å². The van der Waals surface area contributed by atoms with Gasteiger partial charge in [0.05, 0.1) is 6.04 Å². The van der Waals surface area contributed by atoms with E-state index < -0.39 is 0 Å². The van der Waals surface area contributed by atoms with Gasteiger partial charge >= 0.3 is 0 Å². The lowest BCUT2D eigenvalue weighted by Gasteiger charge is -2.19. The Balaban J connectivity index is 2.05. The van der Waals surface area contributed by atoms with E-state index in [0.717, 1.165) is 26.9 Å². The van der Waals surface area contributed by atoms with Crippen LogP contribution in [0, 0.1) is 19.7 Å². The molecule has 0 bridgehead atoms. The van der Waals surface area contributed by atoms with Gasteiger partial charge in [-0.15, -0.1) is 0 Å². The zero-order valence-corrected chi connectivity index (χ0v) is 15.1. The summed E-state index contributed by atoms with van der Waals surface area (Å²) in [5, 5.41) is 7.01. The average Bonchev–Trinajstić information content (AvgIpc) is 2.43. The summed E-state index contributed by atoms with van der Waals surface area (Å²) in [4.78, 5) is 0. The summed E-state index contributed by atoms with van der Waals surface area (Å²) < 4.78 is 14.0. The maximum absolute atomic E-state index is 13.0. The lowest BCUT2D eigenvalue weighted by atomic mass is 10.1. The van der Waals surface area contributed by atoms with Gasteiger partial charge in [-0.2, -0.15) is 0 Å². The summed E-state index contributed by atoms with van der Waals surface area (Å²) >= 11 is 8.87. The molecule has 116 valence electrons. The Kier molecular flexibility index (Phi) is 5.53. The normalized spacial score (nSPS) is 11.9. The minimum Gasteiger partial charge on any atom is -0.356 e. The van der Waals surface area contributed by atoms with Crippen LogP contribution in [0.3, 0.4) is 0 Å². The highest BCUT2D eigenvalue weighted by atomic mass is 79.9. The fraction of sp³-hybridized carbons (Fsp3) is 0.235. The molecular formula is C17H18BrFN2S. The molecule has 22 heavy (non-hydrogen) atoms. The van der Waals surface area contributed by atoms with E-state index in [1.807, 2.05) is 32.9 Å². The predicted octanol–water partition coefficient (Wildman–Crippen LogP) is 5.25. The summed E-state index contributed by atoms with van der Waals surface area (Å²) in [5.41, 5.74) is 4.22. The Hall–Kier alpha value is -1.46. The van der Waals surface area contributed by atoms with E-state index in [1.165, 1.54) is 12.1 Å². The third-order valence-corrected chi connectivity index (χ3v) is 4.13. The molecule has 0 saturated heterocycles. The van der Waals surface area contributed by atoms with Crippen LogP contribution in [0.15, 0.2) is 40.9 Å². The van der Waals surface area contributed by atoms with E-state index >= 15 is 0 Å². The molecule has 2 rings (SSSR count). The quantitative estimate of drug-likeness (QED) is 0.710. The van der Waals surface area contributed by atoms with E-state index in [1.54, 1.807) is 12.1 Å². The lowest BCUT2D eigenvalue weighted by Crippen LogP contribution is -2.31. The van der Waals surface area contributed by atoms with E-state index in [2.05, 4.69) is 26.6 Å². The van der Waals surface area contributed by atoms with Crippen molar-refractivity contribution in [2.75, 3.05) is 5.32 Å². The zero-order valence-electron chi connectivity index (χ0n) is 12.7. The predicted molar refractivity (Wildman–Crippen MR) is 97.8 cm³/mol. The molecule has 0 aliphatic rings. The van der Waals surface area contributed by atoms with Gasteiger partial charge in [-0.05, 0) is 73.9 Å². The second-order valence-corrected chi connectivity index (χ2v) is 6.61. The van der Waals surface area contributed by atoms with Crippen LogP contribution >= 0.6 is 28.1 Å². The van der Waals surface area contributed by atoms with Crippen molar-refractivity contribution < 1.29 is 4.39 Å². The SMILES string of the molecule is Cc1cc(Br)cc(C)c1NC(=S)N[C@@H](C)c1ccc(F)cc1. The molecule has 0 amide bonds. The van der Waals surface area contributed by atoms with Crippen molar-refractivity contribution in [1.82, 2.24) is 5.32 Å². The van der Waals surface area contributed by atoms with E-state index in [4.69, 9.17) is 12.2 Å². The molecule has 0 heterocycles. The molecule has 0 aliphatic heterocycles. The second-order valence-electron chi connectivity index (χ2n) is 5.29. The van der Waals surface area contributed by atoms with Crippen molar-refractivity contribution in [3.63, 3.8) is 0 Å². The molecule has 0 aromatic heterocycles. The number of aryl methyl sites for hydroxylation is 2. The van der Waals surface area contributed by atoms with Crippen LogP contribution in [0.5, 0.6) is 0 Å². The number of nitrogens with one attached hydrogen (secondary N) is 2. The number of thiocarbonyl (C=S) groups is 1. The highest BCUT2D eigenvalue weighted by Gasteiger charge is 2.10. The maximum Gasteiger partial charge on any atom is 0.171 e. The van der Waals surface area contributed by atoms with Crippen molar-refractivity contribution >= 4 is 38.9 Å². The topological polar surface area (TPSA) is 24.1 Å². The van der Waals surface area contributed by atoms with Crippen molar-refractivity contribution in [3.05, 3.63) is 63.4 Å². The molecular weight excluding hydrogens is 363 g/mol. The second kappa shape index (κ2) is 7.20. The van der Waals surface area contributed by atoms with E-state index in [-0.39, 0.29) is 11.9 Å². The fourth-order valence-electron chi connectivity index (χ4n) is 2.29. The van der Waals surface area contributed by atoms with Crippen LogP contribution in [0.4, 0.5) is 10.1 Å². The molecule has 0 unspecified atom stereocenters. The van der Waals surface area contributed by atoms with Crippen LogP contribution in [0.2, 0.25) is 0 Å². The first-order valence-electron chi connectivity index (χ1n) is 6.96. The summed E-state index contributed by atoms with van der Waals surface area (Å²) in [5.74, 6) is -0.238. The van der Waals surface area contributed by atoms with Crippen molar-refractivity contribution in [3.8, 4) is 0 Å². The third-order valence-electron chi connectivity index (χ3n) is 3.45. The molecule has 2 nitrogen and oxygen atoms in total. The number of anilines is 1. The maximum atomic E-state index is 13.0. The number of hydrogen-bond donors (Lipinski definition) is 2. The van der Waals surface area contributed by atoms with Crippen molar-refractivity contribution in [2.45, 2.75) is 26.8 Å². The number of hydrogen-bond acceptors (Lipinski definition) is 1. The minimum absolute atomic E-state index is 0.00309. The highest BCUT2D eigenvalue weighted by Crippen LogP contribution is 2.25. The van der Waals surface area contributed by atoms with E-state index in [9.17, 15) is 4.39 Å². The summed E-state index contributed by atoms with van der Waals surface area (Å²) in [7, 11) is 0. The van der Waals surface area contributed by atoms with E-state index in [0.29, 0.717) is 5.11 Å². The molecule has 2 aromatic rings. The van der Waals surface area contributed by atoms with Gasteiger partial charge in [-0.3, -0.25) is 0 Å². The van der Waals surface area contributed by atoms with Gasteiger partial charge < -0.3 is 10.6 Å². The molecule has 2 aromatic carbocycles. The molecule has 0 saturated carbocycles. The van der Waals surface area contributed by atoms with Gasteiger partial charge in [0.1, 0.15) is 5.82 Å². The van der Waals surface area contributed by atoms with Gasteiger partial charge in [0.25, 0.3) is 0 Å². The highest BCUT2D eigenvalue weighted by molar-refractivity contribution is 9.10. The lowest BCUT2D eigenvalue weighted by molar-refractivity contribution is 0.624. The Morgan fingerprint density at radius 2 is 1.68 bits per heavy atom. The van der Waals surface area contributed by atoms with Crippen molar-refractivity contribution in [1.29, 1.82) is 0 Å². The van der Waals surface area contributed by atoms with Gasteiger partial charge in [-0.1, -0.05) is 28.1 Å².